The molecule has 5 heteroatoms. The Morgan fingerprint density at radius 3 is 2.91 bits per heavy atom. The Morgan fingerprint density at radius 2 is 2.18 bits per heavy atom. The van der Waals surface area contributed by atoms with Crippen molar-refractivity contribution in [1.29, 1.82) is 0 Å². The average Bonchev–Trinajstić information content (AvgIpc) is 2.92. The highest BCUT2D eigenvalue weighted by atomic mass is 15.2. The minimum Gasteiger partial charge on any atom is -0.356 e. The van der Waals surface area contributed by atoms with E-state index in [1.165, 1.54) is 18.7 Å². The fourth-order valence-corrected chi connectivity index (χ4v) is 3.25. The third-order valence-corrected chi connectivity index (χ3v) is 4.47. The highest BCUT2D eigenvalue weighted by molar-refractivity contribution is 5.40. The van der Waals surface area contributed by atoms with Crippen molar-refractivity contribution >= 4 is 5.82 Å². The van der Waals surface area contributed by atoms with Crippen molar-refractivity contribution in [2.45, 2.75) is 39.5 Å². The zero-order chi connectivity index (χ0) is 15.5. The van der Waals surface area contributed by atoms with E-state index in [2.05, 4.69) is 44.5 Å². The molecule has 22 heavy (non-hydrogen) atoms. The minimum atomic E-state index is 0.648. The summed E-state index contributed by atoms with van der Waals surface area (Å²) in [5.41, 5.74) is 1.13. The molecule has 1 aliphatic heterocycles. The number of aromatic nitrogens is 4. The fourth-order valence-electron chi connectivity index (χ4n) is 3.25. The van der Waals surface area contributed by atoms with Crippen molar-refractivity contribution in [1.82, 2.24) is 19.5 Å². The van der Waals surface area contributed by atoms with Crippen molar-refractivity contribution in [2.75, 3.05) is 18.0 Å². The average molecular weight is 299 g/mol. The molecule has 0 N–H and O–H groups in total. The second-order valence-electron chi connectivity index (χ2n) is 6.23. The highest BCUT2D eigenvalue weighted by Crippen LogP contribution is 2.24. The number of imidazole rings is 1. The van der Waals surface area contributed by atoms with Gasteiger partial charge in [0.05, 0.1) is 0 Å². The number of nitrogens with zero attached hydrogens (tertiary/aromatic N) is 5. The second kappa shape index (κ2) is 6.46. The van der Waals surface area contributed by atoms with Gasteiger partial charge in [0.15, 0.2) is 0 Å². The van der Waals surface area contributed by atoms with E-state index in [4.69, 9.17) is 0 Å². The maximum Gasteiger partial charge on any atom is 0.132 e. The van der Waals surface area contributed by atoms with Crippen LogP contribution < -0.4 is 4.90 Å². The van der Waals surface area contributed by atoms with Gasteiger partial charge in [-0.05, 0) is 32.1 Å². The number of hydrogen-bond donors (Lipinski definition) is 0. The molecule has 0 aromatic carbocycles. The van der Waals surface area contributed by atoms with Crippen LogP contribution in [-0.2, 0) is 19.9 Å². The molecular weight excluding hydrogens is 274 g/mol. The van der Waals surface area contributed by atoms with E-state index in [1.807, 2.05) is 19.3 Å². The van der Waals surface area contributed by atoms with Gasteiger partial charge in [-0.25, -0.2) is 15.0 Å². The van der Waals surface area contributed by atoms with E-state index in [1.54, 1.807) is 0 Å². The molecule has 1 unspecified atom stereocenters. The van der Waals surface area contributed by atoms with Crippen LogP contribution in [0.2, 0.25) is 0 Å². The van der Waals surface area contributed by atoms with Crippen LogP contribution in [0.15, 0.2) is 18.5 Å². The summed E-state index contributed by atoms with van der Waals surface area (Å²) in [7, 11) is 2.07. The van der Waals surface area contributed by atoms with E-state index in [0.29, 0.717) is 5.92 Å². The van der Waals surface area contributed by atoms with E-state index in [-0.39, 0.29) is 0 Å². The molecule has 118 valence electrons. The number of rotatable bonds is 4. The largest absolute Gasteiger partial charge is 0.356 e. The van der Waals surface area contributed by atoms with Gasteiger partial charge in [-0.15, -0.1) is 0 Å². The lowest BCUT2D eigenvalue weighted by Crippen LogP contribution is -2.37. The first-order chi connectivity index (χ1) is 10.7. The van der Waals surface area contributed by atoms with Gasteiger partial charge < -0.3 is 9.47 Å². The van der Waals surface area contributed by atoms with E-state index in [9.17, 15) is 0 Å². The first kappa shape index (κ1) is 15.0. The highest BCUT2D eigenvalue weighted by Gasteiger charge is 2.22. The van der Waals surface area contributed by atoms with Crippen molar-refractivity contribution in [3.8, 4) is 0 Å². The van der Waals surface area contributed by atoms with Crippen molar-refractivity contribution in [3.05, 3.63) is 35.8 Å². The first-order valence-electron chi connectivity index (χ1n) is 8.21. The van der Waals surface area contributed by atoms with Crippen molar-refractivity contribution in [2.24, 2.45) is 13.0 Å². The molecule has 3 rings (SSSR count). The summed E-state index contributed by atoms with van der Waals surface area (Å²) < 4.78 is 2.13. The lowest BCUT2D eigenvalue weighted by atomic mass is 9.94. The van der Waals surface area contributed by atoms with Gasteiger partial charge >= 0.3 is 0 Å². The molecule has 3 heterocycles. The summed E-state index contributed by atoms with van der Waals surface area (Å²) in [5.74, 6) is 3.80. The van der Waals surface area contributed by atoms with Gasteiger partial charge in [-0.2, -0.15) is 0 Å². The summed E-state index contributed by atoms with van der Waals surface area (Å²) in [6, 6.07) is 2.15. The molecule has 0 radical (unpaired) electrons. The molecule has 0 spiro atoms. The summed E-state index contributed by atoms with van der Waals surface area (Å²) in [6.07, 6.45) is 8.41. The van der Waals surface area contributed by atoms with E-state index >= 15 is 0 Å². The predicted molar refractivity (Wildman–Crippen MR) is 88.0 cm³/mol. The monoisotopic (exact) mass is 299 g/mol. The molecule has 1 saturated heterocycles. The fraction of sp³-hybridized carbons (Fsp3) is 0.588. The van der Waals surface area contributed by atoms with E-state index in [0.717, 1.165) is 43.3 Å². The molecule has 0 aliphatic carbocycles. The van der Waals surface area contributed by atoms with Gasteiger partial charge in [0.1, 0.15) is 17.5 Å². The molecule has 0 bridgehead atoms. The third kappa shape index (κ3) is 3.29. The Morgan fingerprint density at radius 1 is 1.32 bits per heavy atom. The normalized spacial score (nSPS) is 18.7. The Labute approximate surface area is 132 Å². The SMILES string of the molecule is CCc1cc(N2CCCC(Cc3nccn3C)C2)nc(C)n1. The Hall–Kier alpha value is -1.91. The van der Waals surface area contributed by atoms with Gasteiger partial charge in [-0.3, -0.25) is 0 Å². The summed E-state index contributed by atoms with van der Waals surface area (Å²) in [4.78, 5) is 16.0. The van der Waals surface area contributed by atoms with E-state index < -0.39 is 0 Å². The van der Waals surface area contributed by atoms with Crippen molar-refractivity contribution in [3.63, 3.8) is 0 Å². The van der Waals surface area contributed by atoms with Gasteiger partial charge in [-0.1, -0.05) is 6.92 Å². The lowest BCUT2D eigenvalue weighted by molar-refractivity contribution is 0.401. The summed E-state index contributed by atoms with van der Waals surface area (Å²) in [6.45, 7) is 6.28. The minimum absolute atomic E-state index is 0.648. The Balaban J connectivity index is 1.73. The summed E-state index contributed by atoms with van der Waals surface area (Å²) in [5, 5.41) is 0. The molecule has 1 aliphatic rings. The number of piperidine rings is 1. The Bertz CT molecular complexity index is 634. The molecule has 5 nitrogen and oxygen atoms in total. The van der Waals surface area contributed by atoms with Gasteiger partial charge in [0, 0.05) is 50.7 Å². The van der Waals surface area contributed by atoms with Crippen LogP contribution in [0.4, 0.5) is 5.82 Å². The molecular formula is C17H25N5. The maximum atomic E-state index is 4.65. The zero-order valence-electron chi connectivity index (χ0n) is 13.8. The topological polar surface area (TPSA) is 46.8 Å². The quantitative estimate of drug-likeness (QED) is 0.870. The summed E-state index contributed by atoms with van der Waals surface area (Å²) >= 11 is 0. The first-order valence-corrected chi connectivity index (χ1v) is 8.21. The van der Waals surface area contributed by atoms with Crippen LogP contribution in [0.5, 0.6) is 0 Å². The van der Waals surface area contributed by atoms with Gasteiger partial charge in [0.2, 0.25) is 0 Å². The van der Waals surface area contributed by atoms with Crippen LogP contribution >= 0.6 is 0 Å². The van der Waals surface area contributed by atoms with Crippen LogP contribution in [0.1, 0.15) is 37.1 Å². The Kier molecular flexibility index (Phi) is 4.41. The molecule has 2 aromatic rings. The predicted octanol–water partition coefficient (Wildman–Crippen LogP) is 2.54. The van der Waals surface area contributed by atoms with Crippen LogP contribution in [-0.4, -0.2) is 32.6 Å². The van der Waals surface area contributed by atoms with Crippen LogP contribution in [0.25, 0.3) is 0 Å². The molecule has 1 atom stereocenters. The zero-order valence-corrected chi connectivity index (χ0v) is 13.8. The smallest absolute Gasteiger partial charge is 0.132 e. The maximum absolute atomic E-state index is 4.65. The second-order valence-corrected chi connectivity index (χ2v) is 6.23. The third-order valence-electron chi connectivity index (χ3n) is 4.47. The number of hydrogen-bond acceptors (Lipinski definition) is 4. The van der Waals surface area contributed by atoms with Crippen LogP contribution in [0.3, 0.4) is 0 Å². The van der Waals surface area contributed by atoms with Crippen LogP contribution in [0, 0.1) is 12.8 Å². The molecule has 0 saturated carbocycles. The molecule has 2 aromatic heterocycles. The lowest BCUT2D eigenvalue weighted by Gasteiger charge is -2.33. The number of aryl methyl sites for hydroxylation is 3. The number of anilines is 1. The van der Waals surface area contributed by atoms with Gasteiger partial charge in [0.25, 0.3) is 0 Å². The van der Waals surface area contributed by atoms with Crippen molar-refractivity contribution < 1.29 is 0 Å². The molecule has 0 amide bonds. The standard InChI is InChI=1S/C17H25N5/c1-4-15-11-17(20-13(2)19-15)22-8-5-6-14(12-22)10-16-18-7-9-21(16)3/h7,9,11,14H,4-6,8,10,12H2,1-3H3. The molecule has 1 fully saturated rings.